The fraction of sp³-hybridized carbons (Fsp3) is 0.409. The molecule has 3 aromatic rings. The SMILES string of the molecule is Cc1cc(C(=O)N[C@H](c2cnn(C)c2)C2CC(O)C2)c2ccc(C)c(C)c2n1. The molecule has 28 heavy (non-hydrogen) atoms. The topological polar surface area (TPSA) is 80.0 Å². The van der Waals surface area contributed by atoms with Crippen LogP contribution in [0.3, 0.4) is 0 Å². The number of aryl methyl sites for hydroxylation is 4. The summed E-state index contributed by atoms with van der Waals surface area (Å²) in [6.45, 7) is 6.01. The first-order valence-electron chi connectivity index (χ1n) is 9.68. The number of hydrogen-bond acceptors (Lipinski definition) is 4. The van der Waals surface area contributed by atoms with Crippen molar-refractivity contribution >= 4 is 16.8 Å². The molecule has 2 N–H and O–H groups in total. The zero-order chi connectivity index (χ0) is 20.0. The van der Waals surface area contributed by atoms with Crippen molar-refractivity contribution in [3.05, 3.63) is 58.5 Å². The van der Waals surface area contributed by atoms with E-state index in [0.717, 1.165) is 33.3 Å². The summed E-state index contributed by atoms with van der Waals surface area (Å²) in [5.74, 6) is 0.0929. The van der Waals surface area contributed by atoms with Crippen molar-refractivity contribution in [1.82, 2.24) is 20.1 Å². The van der Waals surface area contributed by atoms with Gasteiger partial charge in [-0.1, -0.05) is 12.1 Å². The van der Waals surface area contributed by atoms with E-state index < -0.39 is 0 Å². The lowest BCUT2D eigenvalue weighted by molar-refractivity contribution is 0.0235. The molecule has 0 saturated heterocycles. The Bertz CT molecular complexity index is 1050. The van der Waals surface area contributed by atoms with Crippen LogP contribution < -0.4 is 5.32 Å². The molecule has 0 bridgehead atoms. The second-order valence-electron chi connectivity index (χ2n) is 8.00. The number of carbonyl (C=O) groups excluding carboxylic acids is 1. The van der Waals surface area contributed by atoms with Gasteiger partial charge >= 0.3 is 0 Å². The minimum absolute atomic E-state index is 0.117. The fourth-order valence-corrected chi connectivity index (χ4v) is 4.04. The maximum atomic E-state index is 13.3. The second-order valence-corrected chi connectivity index (χ2v) is 8.00. The van der Waals surface area contributed by atoms with E-state index in [1.165, 1.54) is 0 Å². The molecule has 6 nitrogen and oxygen atoms in total. The van der Waals surface area contributed by atoms with E-state index in [-0.39, 0.29) is 24.0 Å². The molecular formula is C22H26N4O2. The Balaban J connectivity index is 1.71. The highest BCUT2D eigenvalue weighted by Crippen LogP contribution is 2.38. The number of pyridine rings is 1. The van der Waals surface area contributed by atoms with Crippen molar-refractivity contribution in [2.75, 3.05) is 0 Å². The highest BCUT2D eigenvalue weighted by atomic mass is 16.3. The van der Waals surface area contributed by atoms with Crippen LogP contribution >= 0.6 is 0 Å². The lowest BCUT2D eigenvalue weighted by atomic mass is 9.75. The number of carbonyl (C=O) groups is 1. The van der Waals surface area contributed by atoms with E-state index in [1.807, 2.05) is 45.3 Å². The first-order valence-corrected chi connectivity index (χ1v) is 9.68. The standard InChI is InChI=1S/C22H26N4O2/c1-12-5-6-18-19(7-13(2)24-20(18)14(12)3)22(28)25-21(15-8-17(27)9-15)16-10-23-26(4)11-16/h5-7,10-11,15,17,21,27H,8-9H2,1-4H3,(H,25,28)/t15?,17?,21-/m0/s1. The largest absolute Gasteiger partial charge is 0.393 e. The lowest BCUT2D eigenvalue weighted by Gasteiger charge is -2.37. The average Bonchev–Trinajstić information content (AvgIpc) is 3.06. The number of amides is 1. The van der Waals surface area contributed by atoms with Gasteiger partial charge in [-0.3, -0.25) is 14.5 Å². The van der Waals surface area contributed by atoms with Gasteiger partial charge < -0.3 is 10.4 Å². The first kappa shape index (κ1) is 18.6. The van der Waals surface area contributed by atoms with Crippen molar-refractivity contribution in [2.24, 2.45) is 13.0 Å². The van der Waals surface area contributed by atoms with Gasteiger partial charge in [0.1, 0.15) is 0 Å². The summed E-state index contributed by atoms with van der Waals surface area (Å²) >= 11 is 0. The second kappa shape index (κ2) is 7.02. The fourth-order valence-electron chi connectivity index (χ4n) is 4.04. The molecule has 1 fully saturated rings. The van der Waals surface area contributed by atoms with Gasteiger partial charge in [-0.15, -0.1) is 0 Å². The summed E-state index contributed by atoms with van der Waals surface area (Å²) in [6, 6.07) is 5.69. The van der Waals surface area contributed by atoms with Gasteiger partial charge in [0.2, 0.25) is 0 Å². The Morgan fingerprint density at radius 2 is 2.04 bits per heavy atom. The molecule has 2 aromatic heterocycles. The number of nitrogens with one attached hydrogen (secondary N) is 1. The number of hydrogen-bond donors (Lipinski definition) is 2. The zero-order valence-electron chi connectivity index (χ0n) is 16.7. The van der Waals surface area contributed by atoms with Gasteiger partial charge in [-0.2, -0.15) is 5.10 Å². The van der Waals surface area contributed by atoms with Gasteiger partial charge in [0.05, 0.1) is 29.4 Å². The summed E-state index contributed by atoms with van der Waals surface area (Å²) in [6.07, 6.45) is 4.82. The average molecular weight is 378 g/mol. The summed E-state index contributed by atoms with van der Waals surface area (Å²) < 4.78 is 1.74. The maximum absolute atomic E-state index is 13.3. The predicted molar refractivity (Wildman–Crippen MR) is 108 cm³/mol. The van der Waals surface area contributed by atoms with Crippen molar-refractivity contribution in [3.8, 4) is 0 Å². The third-order valence-corrected chi connectivity index (χ3v) is 5.87. The Morgan fingerprint density at radius 1 is 1.29 bits per heavy atom. The molecule has 2 heterocycles. The van der Waals surface area contributed by atoms with Crippen LogP contribution in [-0.2, 0) is 7.05 Å². The molecule has 146 valence electrons. The van der Waals surface area contributed by atoms with Gasteiger partial charge in [-0.05, 0) is 56.7 Å². The number of fused-ring (bicyclic) bond motifs is 1. The predicted octanol–water partition coefficient (Wildman–Crippen LogP) is 3.14. The van der Waals surface area contributed by atoms with Crippen LogP contribution in [0.5, 0.6) is 0 Å². The molecule has 0 radical (unpaired) electrons. The maximum Gasteiger partial charge on any atom is 0.252 e. The number of aliphatic hydroxyl groups excluding tert-OH is 1. The summed E-state index contributed by atoms with van der Waals surface area (Å²) in [5, 5.41) is 18.1. The Kier molecular flexibility index (Phi) is 4.67. The molecule has 1 saturated carbocycles. The van der Waals surface area contributed by atoms with Crippen LogP contribution in [0, 0.1) is 26.7 Å². The minimum Gasteiger partial charge on any atom is -0.393 e. The van der Waals surface area contributed by atoms with Gasteiger partial charge in [0, 0.05) is 29.9 Å². The normalized spacial score (nSPS) is 20.0. The molecule has 6 heteroatoms. The lowest BCUT2D eigenvalue weighted by Crippen LogP contribution is -2.41. The number of rotatable bonds is 4. The monoisotopic (exact) mass is 378 g/mol. The van der Waals surface area contributed by atoms with Crippen LogP contribution in [0.25, 0.3) is 10.9 Å². The molecule has 0 aliphatic heterocycles. The molecular weight excluding hydrogens is 352 g/mol. The third-order valence-electron chi connectivity index (χ3n) is 5.87. The molecule has 0 unspecified atom stereocenters. The van der Waals surface area contributed by atoms with Gasteiger partial charge in [0.15, 0.2) is 0 Å². The summed E-state index contributed by atoms with van der Waals surface area (Å²) in [7, 11) is 1.86. The van der Waals surface area contributed by atoms with E-state index >= 15 is 0 Å². The summed E-state index contributed by atoms with van der Waals surface area (Å²) in [4.78, 5) is 18.0. The highest BCUT2D eigenvalue weighted by molar-refractivity contribution is 6.07. The van der Waals surface area contributed by atoms with Crippen LogP contribution in [0.4, 0.5) is 0 Å². The number of aliphatic hydroxyl groups is 1. The zero-order valence-corrected chi connectivity index (χ0v) is 16.7. The van der Waals surface area contributed by atoms with E-state index in [2.05, 4.69) is 22.3 Å². The van der Waals surface area contributed by atoms with Crippen LogP contribution in [0.2, 0.25) is 0 Å². The number of benzene rings is 1. The number of aromatic nitrogens is 3. The Labute approximate surface area is 164 Å². The van der Waals surface area contributed by atoms with Crippen LogP contribution in [-0.4, -0.2) is 31.9 Å². The van der Waals surface area contributed by atoms with Crippen molar-refractivity contribution in [3.63, 3.8) is 0 Å². The van der Waals surface area contributed by atoms with E-state index in [1.54, 1.807) is 10.9 Å². The quantitative estimate of drug-likeness (QED) is 0.731. The molecule has 4 rings (SSSR count). The molecule has 1 aliphatic carbocycles. The first-order chi connectivity index (χ1) is 13.3. The molecule has 1 amide bonds. The Hall–Kier alpha value is -2.73. The minimum atomic E-state index is -0.282. The van der Waals surface area contributed by atoms with Gasteiger partial charge in [-0.25, -0.2) is 0 Å². The molecule has 0 spiro atoms. The summed E-state index contributed by atoms with van der Waals surface area (Å²) in [5.41, 5.74) is 5.56. The Morgan fingerprint density at radius 3 is 2.68 bits per heavy atom. The molecule has 1 atom stereocenters. The van der Waals surface area contributed by atoms with Crippen molar-refractivity contribution in [2.45, 2.75) is 45.8 Å². The van der Waals surface area contributed by atoms with Crippen LogP contribution in [0.1, 0.15) is 51.6 Å². The molecule has 1 aliphatic rings. The van der Waals surface area contributed by atoms with Crippen LogP contribution in [0.15, 0.2) is 30.6 Å². The van der Waals surface area contributed by atoms with Crippen molar-refractivity contribution in [1.29, 1.82) is 0 Å². The van der Waals surface area contributed by atoms with Gasteiger partial charge in [0.25, 0.3) is 5.91 Å². The van der Waals surface area contributed by atoms with Crippen molar-refractivity contribution < 1.29 is 9.90 Å². The number of nitrogens with zero attached hydrogens (tertiary/aromatic N) is 3. The smallest absolute Gasteiger partial charge is 0.252 e. The molecule has 1 aromatic carbocycles. The van der Waals surface area contributed by atoms with E-state index in [9.17, 15) is 9.90 Å². The third kappa shape index (κ3) is 3.29. The highest BCUT2D eigenvalue weighted by Gasteiger charge is 2.36. The van der Waals surface area contributed by atoms with E-state index in [4.69, 9.17) is 0 Å². The van der Waals surface area contributed by atoms with E-state index in [0.29, 0.717) is 18.4 Å².